The first-order valence-electron chi connectivity index (χ1n) is 5.32. The predicted molar refractivity (Wildman–Crippen MR) is 63.0 cm³/mol. The third kappa shape index (κ3) is 1.31. The van der Waals surface area contributed by atoms with Crippen LogP contribution in [0.1, 0.15) is 15.9 Å². The SMILES string of the molecule is O=C1NCc2ccccc2-c2ccccc21. The van der Waals surface area contributed by atoms with E-state index >= 15 is 0 Å². The number of carbonyl (C=O) groups excluding carboxylic acids is 1. The average molecular weight is 209 g/mol. The molecule has 0 bridgehead atoms. The van der Waals surface area contributed by atoms with Gasteiger partial charge in [-0.1, -0.05) is 42.5 Å². The Morgan fingerprint density at radius 3 is 2.25 bits per heavy atom. The largest absolute Gasteiger partial charge is 0.348 e. The van der Waals surface area contributed by atoms with Crippen molar-refractivity contribution < 1.29 is 4.79 Å². The first-order chi connectivity index (χ1) is 7.86. The summed E-state index contributed by atoms with van der Waals surface area (Å²) in [7, 11) is 0. The average Bonchev–Trinajstić information content (AvgIpc) is 2.49. The van der Waals surface area contributed by atoms with Gasteiger partial charge in [0.25, 0.3) is 5.91 Å². The molecule has 1 aliphatic rings. The number of hydrogen-bond donors (Lipinski definition) is 1. The minimum atomic E-state index is 0.00630. The molecule has 0 unspecified atom stereocenters. The minimum absolute atomic E-state index is 0.00630. The van der Waals surface area contributed by atoms with Crippen molar-refractivity contribution in [2.75, 3.05) is 0 Å². The summed E-state index contributed by atoms with van der Waals surface area (Å²) in [4.78, 5) is 11.9. The smallest absolute Gasteiger partial charge is 0.252 e. The summed E-state index contributed by atoms with van der Waals surface area (Å²) in [6, 6.07) is 15.9. The molecule has 0 fully saturated rings. The summed E-state index contributed by atoms with van der Waals surface area (Å²) >= 11 is 0. The van der Waals surface area contributed by atoms with Crippen LogP contribution < -0.4 is 5.32 Å². The molecular formula is C14H11NO. The highest BCUT2D eigenvalue weighted by atomic mass is 16.1. The maximum atomic E-state index is 11.9. The van der Waals surface area contributed by atoms with E-state index < -0.39 is 0 Å². The van der Waals surface area contributed by atoms with E-state index in [4.69, 9.17) is 0 Å². The van der Waals surface area contributed by atoms with Gasteiger partial charge >= 0.3 is 0 Å². The number of carbonyl (C=O) groups is 1. The van der Waals surface area contributed by atoms with E-state index in [1.54, 1.807) is 0 Å². The van der Waals surface area contributed by atoms with Crippen molar-refractivity contribution in [1.82, 2.24) is 5.32 Å². The Balaban J connectivity index is 2.32. The van der Waals surface area contributed by atoms with Crippen molar-refractivity contribution in [1.29, 1.82) is 0 Å². The first-order valence-corrected chi connectivity index (χ1v) is 5.32. The molecule has 16 heavy (non-hydrogen) atoms. The maximum Gasteiger partial charge on any atom is 0.252 e. The summed E-state index contributed by atoms with van der Waals surface area (Å²) in [5.41, 5.74) is 4.10. The van der Waals surface area contributed by atoms with Crippen LogP contribution in [0.4, 0.5) is 0 Å². The zero-order chi connectivity index (χ0) is 11.0. The number of nitrogens with one attached hydrogen (secondary N) is 1. The van der Waals surface area contributed by atoms with E-state index in [1.165, 1.54) is 5.56 Å². The Morgan fingerprint density at radius 2 is 1.44 bits per heavy atom. The Bertz CT molecular complexity index is 560. The number of hydrogen-bond acceptors (Lipinski definition) is 1. The van der Waals surface area contributed by atoms with Crippen LogP contribution in [-0.2, 0) is 6.54 Å². The second-order valence-electron chi connectivity index (χ2n) is 3.89. The molecule has 2 nitrogen and oxygen atoms in total. The third-order valence-electron chi connectivity index (χ3n) is 2.92. The molecule has 0 atom stereocenters. The molecule has 1 amide bonds. The molecular weight excluding hydrogens is 198 g/mol. The number of benzene rings is 2. The van der Waals surface area contributed by atoms with E-state index in [9.17, 15) is 4.79 Å². The molecule has 2 aromatic carbocycles. The summed E-state index contributed by atoms with van der Waals surface area (Å²) in [6.07, 6.45) is 0. The highest BCUT2D eigenvalue weighted by Crippen LogP contribution is 2.29. The highest BCUT2D eigenvalue weighted by Gasteiger charge is 2.17. The van der Waals surface area contributed by atoms with Crippen molar-refractivity contribution in [3.63, 3.8) is 0 Å². The van der Waals surface area contributed by atoms with Crippen molar-refractivity contribution in [2.45, 2.75) is 6.54 Å². The third-order valence-corrected chi connectivity index (χ3v) is 2.92. The molecule has 0 saturated carbocycles. The van der Waals surface area contributed by atoms with Crippen LogP contribution in [0.15, 0.2) is 48.5 Å². The van der Waals surface area contributed by atoms with Gasteiger partial charge in [-0.3, -0.25) is 4.79 Å². The van der Waals surface area contributed by atoms with Gasteiger partial charge in [0.05, 0.1) is 0 Å². The monoisotopic (exact) mass is 209 g/mol. The van der Waals surface area contributed by atoms with E-state index in [1.807, 2.05) is 36.4 Å². The Morgan fingerprint density at radius 1 is 0.812 bits per heavy atom. The maximum absolute atomic E-state index is 11.9. The van der Waals surface area contributed by atoms with Crippen molar-refractivity contribution >= 4 is 5.91 Å². The van der Waals surface area contributed by atoms with Crippen LogP contribution in [0.2, 0.25) is 0 Å². The molecule has 0 aliphatic carbocycles. The molecule has 3 rings (SSSR count). The zero-order valence-corrected chi connectivity index (χ0v) is 8.73. The fourth-order valence-electron chi connectivity index (χ4n) is 2.12. The van der Waals surface area contributed by atoms with E-state index in [0.29, 0.717) is 6.54 Å². The van der Waals surface area contributed by atoms with Crippen molar-refractivity contribution in [3.8, 4) is 11.1 Å². The molecule has 1 aliphatic heterocycles. The minimum Gasteiger partial charge on any atom is -0.348 e. The van der Waals surface area contributed by atoms with Gasteiger partial charge in [-0.25, -0.2) is 0 Å². The van der Waals surface area contributed by atoms with E-state index in [2.05, 4.69) is 17.4 Å². The van der Waals surface area contributed by atoms with Gasteiger partial charge in [-0.2, -0.15) is 0 Å². The molecule has 2 heteroatoms. The van der Waals surface area contributed by atoms with Crippen LogP contribution in [0, 0.1) is 0 Å². The number of rotatable bonds is 0. The summed E-state index contributed by atoms with van der Waals surface area (Å²) < 4.78 is 0. The standard InChI is InChI=1S/C14H11NO/c16-14-13-8-4-3-7-12(13)11-6-2-1-5-10(11)9-15-14/h1-8H,9H2,(H,15,16). The Kier molecular flexibility index (Phi) is 2.00. The molecule has 0 spiro atoms. The van der Waals surface area contributed by atoms with Gasteiger partial charge in [-0.05, 0) is 22.8 Å². The molecule has 0 saturated heterocycles. The quantitative estimate of drug-likeness (QED) is 0.710. The topological polar surface area (TPSA) is 29.1 Å². The number of fused-ring (bicyclic) bond motifs is 3. The first kappa shape index (κ1) is 9.16. The lowest BCUT2D eigenvalue weighted by Crippen LogP contribution is -2.21. The van der Waals surface area contributed by atoms with Crippen LogP contribution in [0.25, 0.3) is 11.1 Å². The van der Waals surface area contributed by atoms with Crippen LogP contribution in [0.3, 0.4) is 0 Å². The fourth-order valence-corrected chi connectivity index (χ4v) is 2.12. The van der Waals surface area contributed by atoms with Crippen LogP contribution >= 0.6 is 0 Å². The molecule has 78 valence electrons. The fraction of sp³-hybridized carbons (Fsp3) is 0.0714. The van der Waals surface area contributed by atoms with Gasteiger partial charge in [0.2, 0.25) is 0 Å². The molecule has 0 aromatic heterocycles. The van der Waals surface area contributed by atoms with E-state index in [-0.39, 0.29) is 5.91 Å². The summed E-state index contributed by atoms with van der Waals surface area (Å²) in [6.45, 7) is 0.601. The molecule has 2 aromatic rings. The lowest BCUT2D eigenvalue weighted by atomic mass is 9.97. The van der Waals surface area contributed by atoms with Crippen molar-refractivity contribution in [3.05, 3.63) is 59.7 Å². The number of amides is 1. The summed E-state index contributed by atoms with van der Waals surface area (Å²) in [5.74, 6) is 0.00630. The predicted octanol–water partition coefficient (Wildman–Crippen LogP) is 2.60. The summed E-state index contributed by atoms with van der Waals surface area (Å²) in [5, 5.41) is 2.92. The van der Waals surface area contributed by atoms with Crippen LogP contribution in [0.5, 0.6) is 0 Å². The second kappa shape index (κ2) is 3.49. The molecule has 1 heterocycles. The second-order valence-corrected chi connectivity index (χ2v) is 3.89. The van der Waals surface area contributed by atoms with Gasteiger partial charge in [0.1, 0.15) is 0 Å². The van der Waals surface area contributed by atoms with Gasteiger partial charge in [0, 0.05) is 12.1 Å². The Labute approximate surface area is 93.9 Å². The van der Waals surface area contributed by atoms with E-state index in [0.717, 1.165) is 16.7 Å². The van der Waals surface area contributed by atoms with Gasteiger partial charge < -0.3 is 5.32 Å². The Hall–Kier alpha value is -2.09. The lowest BCUT2D eigenvalue weighted by Gasteiger charge is -2.06. The van der Waals surface area contributed by atoms with Gasteiger partial charge in [-0.15, -0.1) is 0 Å². The highest BCUT2D eigenvalue weighted by molar-refractivity contribution is 6.02. The van der Waals surface area contributed by atoms with Crippen LogP contribution in [-0.4, -0.2) is 5.91 Å². The van der Waals surface area contributed by atoms with Gasteiger partial charge in [0.15, 0.2) is 0 Å². The lowest BCUT2D eigenvalue weighted by molar-refractivity contribution is 0.0953. The molecule has 1 N–H and O–H groups in total. The zero-order valence-electron chi connectivity index (χ0n) is 8.73. The van der Waals surface area contributed by atoms with Crippen molar-refractivity contribution in [2.24, 2.45) is 0 Å². The molecule has 0 radical (unpaired) electrons. The normalized spacial score (nSPS) is 13.4.